The Balaban J connectivity index is 1.80. The molecule has 0 saturated heterocycles. The van der Waals surface area contributed by atoms with Gasteiger partial charge in [-0.25, -0.2) is 4.98 Å². The van der Waals surface area contributed by atoms with Crippen LogP contribution in [0.2, 0.25) is 0 Å². The van der Waals surface area contributed by atoms with Gasteiger partial charge in [-0.05, 0) is 38.0 Å². The SMILES string of the molecule is C=CC(=O)NC1CC(NC(=O)c2cccc(C)n2)C1. The van der Waals surface area contributed by atoms with Crippen LogP contribution < -0.4 is 10.6 Å². The zero-order valence-corrected chi connectivity index (χ0v) is 10.8. The third-order valence-electron chi connectivity index (χ3n) is 3.13. The second-order valence-corrected chi connectivity index (χ2v) is 4.72. The minimum absolute atomic E-state index is 0.102. The van der Waals surface area contributed by atoms with Crippen molar-refractivity contribution < 1.29 is 9.59 Å². The molecule has 0 aromatic carbocycles. The summed E-state index contributed by atoms with van der Waals surface area (Å²) in [5, 5.41) is 5.70. The summed E-state index contributed by atoms with van der Waals surface area (Å²) >= 11 is 0. The fourth-order valence-corrected chi connectivity index (χ4v) is 2.04. The molecule has 5 heteroatoms. The molecule has 19 heavy (non-hydrogen) atoms. The molecule has 1 fully saturated rings. The molecule has 100 valence electrons. The average molecular weight is 259 g/mol. The van der Waals surface area contributed by atoms with Gasteiger partial charge in [-0.2, -0.15) is 0 Å². The summed E-state index contributed by atoms with van der Waals surface area (Å²) in [4.78, 5) is 27.2. The third-order valence-corrected chi connectivity index (χ3v) is 3.13. The highest BCUT2D eigenvalue weighted by molar-refractivity contribution is 5.92. The van der Waals surface area contributed by atoms with Crippen LogP contribution >= 0.6 is 0 Å². The van der Waals surface area contributed by atoms with Crippen LogP contribution in [0.5, 0.6) is 0 Å². The molecule has 1 aliphatic rings. The highest BCUT2D eigenvalue weighted by Gasteiger charge is 2.31. The molecule has 0 atom stereocenters. The molecule has 1 aromatic heterocycles. The summed E-state index contributed by atoms with van der Waals surface area (Å²) < 4.78 is 0. The molecule has 0 spiro atoms. The van der Waals surface area contributed by atoms with Crippen LogP contribution in [0.1, 0.15) is 29.0 Å². The number of hydrogen-bond donors (Lipinski definition) is 2. The molecule has 2 rings (SSSR count). The van der Waals surface area contributed by atoms with Crippen molar-refractivity contribution in [3.8, 4) is 0 Å². The molecule has 1 aliphatic carbocycles. The van der Waals surface area contributed by atoms with Crippen LogP contribution in [0.4, 0.5) is 0 Å². The van der Waals surface area contributed by atoms with E-state index in [4.69, 9.17) is 0 Å². The Hall–Kier alpha value is -2.17. The van der Waals surface area contributed by atoms with E-state index >= 15 is 0 Å². The van der Waals surface area contributed by atoms with Crippen molar-refractivity contribution in [1.82, 2.24) is 15.6 Å². The van der Waals surface area contributed by atoms with Gasteiger partial charge in [0.05, 0.1) is 0 Å². The van der Waals surface area contributed by atoms with Crippen molar-refractivity contribution in [1.29, 1.82) is 0 Å². The Morgan fingerprint density at radius 1 is 1.32 bits per heavy atom. The van der Waals surface area contributed by atoms with E-state index in [1.54, 1.807) is 6.07 Å². The van der Waals surface area contributed by atoms with Gasteiger partial charge in [0.15, 0.2) is 0 Å². The Morgan fingerprint density at radius 2 is 2.00 bits per heavy atom. The summed E-state index contributed by atoms with van der Waals surface area (Å²) in [7, 11) is 0. The van der Waals surface area contributed by atoms with Gasteiger partial charge in [-0.3, -0.25) is 9.59 Å². The van der Waals surface area contributed by atoms with E-state index in [9.17, 15) is 9.59 Å². The van der Waals surface area contributed by atoms with Crippen LogP contribution in [-0.2, 0) is 4.79 Å². The Labute approximate surface area is 112 Å². The van der Waals surface area contributed by atoms with Gasteiger partial charge in [0.2, 0.25) is 5.91 Å². The minimum atomic E-state index is -0.171. The van der Waals surface area contributed by atoms with E-state index in [0.717, 1.165) is 18.5 Å². The normalized spacial score (nSPS) is 21.1. The van der Waals surface area contributed by atoms with Crippen molar-refractivity contribution in [2.45, 2.75) is 31.8 Å². The largest absolute Gasteiger partial charge is 0.350 e. The monoisotopic (exact) mass is 259 g/mol. The third kappa shape index (κ3) is 3.40. The average Bonchev–Trinajstić information content (AvgIpc) is 2.35. The molecular formula is C14H17N3O2. The number of amides is 2. The summed E-state index contributed by atoms with van der Waals surface area (Å²) in [6.07, 6.45) is 2.75. The van der Waals surface area contributed by atoms with Gasteiger partial charge >= 0.3 is 0 Å². The highest BCUT2D eigenvalue weighted by atomic mass is 16.2. The van der Waals surface area contributed by atoms with Gasteiger partial charge in [-0.15, -0.1) is 0 Å². The Kier molecular flexibility index (Phi) is 3.94. The minimum Gasteiger partial charge on any atom is -0.350 e. The van der Waals surface area contributed by atoms with Crippen LogP contribution in [0.15, 0.2) is 30.9 Å². The molecule has 2 N–H and O–H groups in total. The van der Waals surface area contributed by atoms with E-state index in [1.165, 1.54) is 6.08 Å². The molecule has 1 heterocycles. The zero-order valence-electron chi connectivity index (χ0n) is 10.8. The fraction of sp³-hybridized carbons (Fsp3) is 0.357. The predicted molar refractivity (Wildman–Crippen MR) is 71.6 cm³/mol. The van der Waals surface area contributed by atoms with Gasteiger partial charge in [0.25, 0.3) is 5.91 Å². The second-order valence-electron chi connectivity index (χ2n) is 4.72. The summed E-state index contributed by atoms with van der Waals surface area (Å²) in [6.45, 7) is 5.25. The summed E-state index contributed by atoms with van der Waals surface area (Å²) in [5.41, 5.74) is 1.25. The number of nitrogens with zero attached hydrogens (tertiary/aromatic N) is 1. The van der Waals surface area contributed by atoms with Crippen LogP contribution in [0.25, 0.3) is 0 Å². The lowest BCUT2D eigenvalue weighted by molar-refractivity contribution is -0.117. The molecule has 0 bridgehead atoms. The van der Waals surface area contributed by atoms with Crippen molar-refractivity contribution in [3.05, 3.63) is 42.2 Å². The van der Waals surface area contributed by atoms with Gasteiger partial charge in [-0.1, -0.05) is 12.6 Å². The number of aryl methyl sites for hydroxylation is 1. The molecule has 0 radical (unpaired) electrons. The lowest BCUT2D eigenvalue weighted by Crippen LogP contribution is -2.53. The van der Waals surface area contributed by atoms with E-state index in [1.807, 2.05) is 19.1 Å². The van der Waals surface area contributed by atoms with Crippen molar-refractivity contribution in [2.24, 2.45) is 0 Å². The number of rotatable bonds is 4. The lowest BCUT2D eigenvalue weighted by Gasteiger charge is -2.35. The topological polar surface area (TPSA) is 71.1 Å². The highest BCUT2D eigenvalue weighted by Crippen LogP contribution is 2.20. The second kappa shape index (κ2) is 5.65. The Morgan fingerprint density at radius 3 is 2.63 bits per heavy atom. The maximum Gasteiger partial charge on any atom is 0.270 e. The quantitative estimate of drug-likeness (QED) is 0.791. The fourth-order valence-electron chi connectivity index (χ4n) is 2.04. The van der Waals surface area contributed by atoms with Gasteiger partial charge in [0.1, 0.15) is 5.69 Å². The number of pyridine rings is 1. The first kappa shape index (κ1) is 13.3. The number of aromatic nitrogens is 1. The summed E-state index contributed by atoms with van der Waals surface area (Å²) in [6, 6.07) is 5.58. The van der Waals surface area contributed by atoms with E-state index in [2.05, 4.69) is 22.2 Å². The van der Waals surface area contributed by atoms with E-state index < -0.39 is 0 Å². The molecule has 1 saturated carbocycles. The molecule has 0 unspecified atom stereocenters. The van der Waals surface area contributed by atoms with Crippen LogP contribution in [0, 0.1) is 6.92 Å². The van der Waals surface area contributed by atoms with Crippen molar-refractivity contribution in [3.63, 3.8) is 0 Å². The smallest absolute Gasteiger partial charge is 0.270 e. The first-order valence-corrected chi connectivity index (χ1v) is 6.26. The Bertz CT molecular complexity index is 507. The zero-order chi connectivity index (χ0) is 13.8. The van der Waals surface area contributed by atoms with Crippen LogP contribution in [-0.4, -0.2) is 28.9 Å². The van der Waals surface area contributed by atoms with Crippen molar-refractivity contribution in [2.75, 3.05) is 0 Å². The summed E-state index contributed by atoms with van der Waals surface area (Å²) in [5.74, 6) is -0.336. The number of carbonyl (C=O) groups excluding carboxylic acids is 2. The maximum absolute atomic E-state index is 11.9. The number of hydrogen-bond acceptors (Lipinski definition) is 3. The van der Waals surface area contributed by atoms with Gasteiger partial charge in [0, 0.05) is 17.8 Å². The standard InChI is InChI=1S/C14H17N3O2/c1-3-13(18)16-10-7-11(8-10)17-14(19)12-6-4-5-9(2)15-12/h3-6,10-11H,1,7-8H2,2H3,(H,16,18)(H,17,19). The van der Waals surface area contributed by atoms with Gasteiger partial charge < -0.3 is 10.6 Å². The number of carbonyl (C=O) groups is 2. The van der Waals surface area contributed by atoms with Crippen molar-refractivity contribution >= 4 is 11.8 Å². The molecule has 0 aliphatic heterocycles. The first-order chi connectivity index (χ1) is 9.08. The first-order valence-electron chi connectivity index (χ1n) is 6.26. The lowest BCUT2D eigenvalue weighted by atomic mass is 9.86. The van der Waals surface area contributed by atoms with E-state index in [-0.39, 0.29) is 23.9 Å². The number of nitrogens with one attached hydrogen (secondary N) is 2. The predicted octanol–water partition coefficient (Wildman–Crippen LogP) is 0.953. The molecule has 5 nitrogen and oxygen atoms in total. The van der Waals surface area contributed by atoms with Crippen LogP contribution in [0.3, 0.4) is 0 Å². The maximum atomic E-state index is 11.9. The molecule has 2 amide bonds. The molecular weight excluding hydrogens is 242 g/mol. The molecule has 1 aromatic rings. The van der Waals surface area contributed by atoms with E-state index in [0.29, 0.717) is 5.69 Å².